The highest BCUT2D eigenvalue weighted by atomic mass is 35.5. The highest BCUT2D eigenvalue weighted by molar-refractivity contribution is 6.21. The highest BCUT2D eigenvalue weighted by Gasteiger charge is 2.33. The van der Waals surface area contributed by atoms with Gasteiger partial charge in [0.05, 0.1) is 5.69 Å². The van der Waals surface area contributed by atoms with Crippen molar-refractivity contribution < 1.29 is 0 Å². The van der Waals surface area contributed by atoms with Crippen LogP contribution in [0.1, 0.15) is 25.2 Å². The van der Waals surface area contributed by atoms with Crippen LogP contribution in [0, 0.1) is 18.3 Å². The summed E-state index contributed by atoms with van der Waals surface area (Å²) in [6, 6.07) is 2.11. The lowest BCUT2D eigenvalue weighted by molar-refractivity contribution is 0.253. The summed E-state index contributed by atoms with van der Waals surface area (Å²) >= 11 is 12.2. The molecular formula is C12H20Cl2N2. The van der Waals surface area contributed by atoms with E-state index in [9.17, 15) is 0 Å². The zero-order chi connectivity index (χ0) is 12.3. The minimum Gasteiger partial charge on any atom is -0.272 e. The number of aromatic nitrogens is 2. The maximum absolute atomic E-state index is 6.11. The summed E-state index contributed by atoms with van der Waals surface area (Å²) in [7, 11) is 1.97. The minimum absolute atomic E-state index is 0.0383. The van der Waals surface area contributed by atoms with Crippen LogP contribution < -0.4 is 0 Å². The summed E-state index contributed by atoms with van der Waals surface area (Å²) in [5.41, 5.74) is 2.20. The quantitative estimate of drug-likeness (QED) is 0.744. The van der Waals surface area contributed by atoms with Crippen molar-refractivity contribution in [2.45, 2.75) is 27.2 Å². The molecule has 2 nitrogen and oxygen atoms in total. The van der Waals surface area contributed by atoms with E-state index < -0.39 is 0 Å². The molecule has 0 saturated heterocycles. The van der Waals surface area contributed by atoms with E-state index >= 15 is 0 Å². The van der Waals surface area contributed by atoms with Crippen LogP contribution >= 0.6 is 23.2 Å². The van der Waals surface area contributed by atoms with Crippen molar-refractivity contribution in [3.05, 3.63) is 17.5 Å². The molecule has 92 valence electrons. The van der Waals surface area contributed by atoms with Crippen molar-refractivity contribution in [2.75, 3.05) is 11.8 Å². The number of aryl methyl sites for hydroxylation is 2. The van der Waals surface area contributed by atoms with E-state index in [1.165, 1.54) is 5.69 Å². The largest absolute Gasteiger partial charge is 0.272 e. The third-order valence-corrected chi connectivity index (χ3v) is 4.45. The molecule has 0 aliphatic carbocycles. The molecule has 0 bridgehead atoms. The molecule has 0 aliphatic rings. The normalized spacial score (nSPS) is 12.4. The SMILES string of the molecule is Cc1cc(CC(CCl)(CCl)C(C)C)n(C)n1. The number of nitrogens with zero attached hydrogens (tertiary/aromatic N) is 2. The highest BCUT2D eigenvalue weighted by Crippen LogP contribution is 2.34. The molecule has 0 aromatic carbocycles. The van der Waals surface area contributed by atoms with Gasteiger partial charge >= 0.3 is 0 Å². The fraction of sp³-hybridized carbons (Fsp3) is 0.750. The Morgan fingerprint density at radius 2 is 1.94 bits per heavy atom. The van der Waals surface area contributed by atoms with Gasteiger partial charge in [0.2, 0.25) is 0 Å². The predicted molar refractivity (Wildman–Crippen MR) is 70.4 cm³/mol. The molecule has 0 atom stereocenters. The number of alkyl halides is 2. The summed E-state index contributed by atoms with van der Waals surface area (Å²) in [5.74, 6) is 1.62. The van der Waals surface area contributed by atoms with Crippen molar-refractivity contribution >= 4 is 23.2 Å². The average molecular weight is 263 g/mol. The zero-order valence-electron chi connectivity index (χ0n) is 10.4. The van der Waals surface area contributed by atoms with Crippen LogP contribution in [-0.2, 0) is 13.5 Å². The van der Waals surface area contributed by atoms with E-state index in [-0.39, 0.29) is 5.41 Å². The smallest absolute Gasteiger partial charge is 0.0596 e. The van der Waals surface area contributed by atoms with Crippen LogP contribution in [0.2, 0.25) is 0 Å². The van der Waals surface area contributed by atoms with Gasteiger partial charge in [0, 0.05) is 29.9 Å². The van der Waals surface area contributed by atoms with Crippen LogP contribution in [0.25, 0.3) is 0 Å². The van der Waals surface area contributed by atoms with Crippen LogP contribution in [0.15, 0.2) is 6.07 Å². The Morgan fingerprint density at radius 1 is 1.38 bits per heavy atom. The van der Waals surface area contributed by atoms with Crippen LogP contribution in [-0.4, -0.2) is 21.5 Å². The van der Waals surface area contributed by atoms with Gasteiger partial charge in [-0.15, -0.1) is 23.2 Å². The third-order valence-electron chi connectivity index (χ3n) is 3.39. The van der Waals surface area contributed by atoms with Gasteiger partial charge in [0.25, 0.3) is 0 Å². The van der Waals surface area contributed by atoms with E-state index in [0.29, 0.717) is 17.7 Å². The second kappa shape index (κ2) is 5.42. The number of hydrogen-bond acceptors (Lipinski definition) is 1. The van der Waals surface area contributed by atoms with Crippen LogP contribution in [0.3, 0.4) is 0 Å². The summed E-state index contributed by atoms with van der Waals surface area (Å²) < 4.78 is 1.92. The van der Waals surface area contributed by atoms with Crippen molar-refractivity contribution in [3.63, 3.8) is 0 Å². The van der Waals surface area contributed by atoms with Crippen molar-refractivity contribution in [2.24, 2.45) is 18.4 Å². The first-order valence-electron chi connectivity index (χ1n) is 5.56. The molecule has 0 spiro atoms. The fourth-order valence-electron chi connectivity index (χ4n) is 1.83. The van der Waals surface area contributed by atoms with Gasteiger partial charge in [-0.3, -0.25) is 4.68 Å². The van der Waals surface area contributed by atoms with Gasteiger partial charge in [-0.1, -0.05) is 13.8 Å². The van der Waals surface area contributed by atoms with Crippen LogP contribution in [0.4, 0.5) is 0 Å². The number of hydrogen-bond donors (Lipinski definition) is 0. The maximum Gasteiger partial charge on any atom is 0.0596 e. The Balaban J connectivity index is 2.95. The Hall–Kier alpha value is -0.210. The molecular weight excluding hydrogens is 243 g/mol. The molecule has 0 radical (unpaired) electrons. The topological polar surface area (TPSA) is 17.8 Å². The van der Waals surface area contributed by atoms with Gasteiger partial charge in [0.15, 0.2) is 0 Å². The van der Waals surface area contributed by atoms with E-state index in [1.807, 2.05) is 18.7 Å². The molecule has 0 fully saturated rings. The Labute approximate surface area is 108 Å². The monoisotopic (exact) mass is 262 g/mol. The molecule has 0 aliphatic heterocycles. The molecule has 1 rings (SSSR count). The van der Waals surface area contributed by atoms with Gasteiger partial charge in [-0.2, -0.15) is 5.10 Å². The summed E-state index contributed by atoms with van der Waals surface area (Å²) in [5, 5.41) is 4.35. The van der Waals surface area contributed by atoms with Crippen molar-refractivity contribution in [1.29, 1.82) is 0 Å². The Morgan fingerprint density at radius 3 is 2.25 bits per heavy atom. The standard InChI is InChI=1S/C12H20Cl2N2/c1-9(2)12(7-13,8-14)6-11-5-10(3)15-16(11)4/h5,9H,6-8H2,1-4H3. The molecule has 1 aromatic rings. The summed E-state index contributed by atoms with van der Waals surface area (Å²) in [6.07, 6.45) is 0.884. The van der Waals surface area contributed by atoms with Gasteiger partial charge in [-0.05, 0) is 25.3 Å². The summed E-state index contributed by atoms with van der Waals surface area (Å²) in [6.45, 7) is 6.35. The van der Waals surface area contributed by atoms with Crippen LogP contribution in [0.5, 0.6) is 0 Å². The number of halogens is 2. The lowest BCUT2D eigenvalue weighted by Gasteiger charge is -2.33. The van der Waals surface area contributed by atoms with Gasteiger partial charge in [0.1, 0.15) is 0 Å². The van der Waals surface area contributed by atoms with Gasteiger partial charge in [-0.25, -0.2) is 0 Å². The second-order valence-electron chi connectivity index (χ2n) is 4.86. The van der Waals surface area contributed by atoms with Crippen molar-refractivity contribution in [1.82, 2.24) is 9.78 Å². The molecule has 1 aromatic heterocycles. The first-order valence-corrected chi connectivity index (χ1v) is 6.63. The zero-order valence-corrected chi connectivity index (χ0v) is 11.9. The molecule has 1 heterocycles. The molecule has 0 saturated carbocycles. The van der Waals surface area contributed by atoms with E-state index in [1.54, 1.807) is 0 Å². The lowest BCUT2D eigenvalue weighted by atomic mass is 9.77. The van der Waals surface area contributed by atoms with Gasteiger partial charge < -0.3 is 0 Å². The lowest BCUT2D eigenvalue weighted by Crippen LogP contribution is -2.34. The average Bonchev–Trinajstić information content (AvgIpc) is 2.53. The molecule has 16 heavy (non-hydrogen) atoms. The first-order chi connectivity index (χ1) is 7.45. The Bertz CT molecular complexity index is 341. The fourth-order valence-corrected chi connectivity index (χ4v) is 2.93. The molecule has 0 unspecified atom stereocenters. The molecule has 0 amide bonds. The van der Waals surface area contributed by atoms with E-state index in [2.05, 4.69) is 25.0 Å². The van der Waals surface area contributed by atoms with Crippen molar-refractivity contribution in [3.8, 4) is 0 Å². The molecule has 4 heteroatoms. The number of rotatable bonds is 5. The Kier molecular flexibility index (Phi) is 4.69. The predicted octanol–water partition coefficient (Wildman–Crippen LogP) is 3.39. The van der Waals surface area contributed by atoms with E-state index in [4.69, 9.17) is 23.2 Å². The molecule has 0 N–H and O–H groups in total. The minimum atomic E-state index is -0.0383. The maximum atomic E-state index is 6.11. The second-order valence-corrected chi connectivity index (χ2v) is 5.40. The first kappa shape index (κ1) is 13.9. The summed E-state index contributed by atoms with van der Waals surface area (Å²) in [4.78, 5) is 0. The van der Waals surface area contributed by atoms with E-state index in [0.717, 1.165) is 12.1 Å². The third kappa shape index (κ3) is 2.72.